The molecule has 2 amide bonds. The summed E-state index contributed by atoms with van der Waals surface area (Å²) in [5, 5.41) is 7.54. The third-order valence-corrected chi connectivity index (χ3v) is 6.37. The molecule has 1 aliphatic heterocycles. The van der Waals surface area contributed by atoms with Crippen LogP contribution in [0.2, 0.25) is 0 Å². The number of nitrogens with zero attached hydrogens (tertiary/aromatic N) is 2. The molecule has 140 valence electrons. The van der Waals surface area contributed by atoms with Gasteiger partial charge in [-0.2, -0.15) is 0 Å². The molecular formula is C18H24N4O2S2. The van der Waals surface area contributed by atoms with E-state index in [1.54, 1.807) is 16.7 Å². The van der Waals surface area contributed by atoms with Crippen LogP contribution in [0.3, 0.4) is 0 Å². The first kappa shape index (κ1) is 19.0. The summed E-state index contributed by atoms with van der Waals surface area (Å²) in [5.41, 5.74) is 7.12. The van der Waals surface area contributed by atoms with Crippen LogP contribution in [0.4, 0.5) is 0 Å². The molecule has 26 heavy (non-hydrogen) atoms. The number of carbonyl (C=O) groups is 2. The Hall–Kier alpha value is -1.77. The summed E-state index contributed by atoms with van der Waals surface area (Å²) in [5.74, 6) is -0.293. The number of thiazole rings is 1. The Balaban J connectivity index is 1.66. The molecule has 0 aromatic carbocycles. The lowest BCUT2D eigenvalue weighted by Crippen LogP contribution is -2.49. The summed E-state index contributed by atoms with van der Waals surface area (Å²) in [6, 6.07) is 1.58. The van der Waals surface area contributed by atoms with E-state index in [0.29, 0.717) is 38.2 Å². The van der Waals surface area contributed by atoms with E-state index >= 15 is 0 Å². The van der Waals surface area contributed by atoms with Crippen LogP contribution in [0.5, 0.6) is 0 Å². The summed E-state index contributed by atoms with van der Waals surface area (Å²) >= 11 is 3.17. The van der Waals surface area contributed by atoms with Crippen molar-refractivity contribution in [1.82, 2.24) is 15.2 Å². The Bertz CT molecular complexity index is 771. The normalized spacial score (nSPS) is 14.8. The summed E-state index contributed by atoms with van der Waals surface area (Å²) in [6.07, 6.45) is 2.99. The van der Waals surface area contributed by atoms with Crippen molar-refractivity contribution in [3.63, 3.8) is 0 Å². The number of fused-ring (bicyclic) bond motifs is 1. The van der Waals surface area contributed by atoms with Gasteiger partial charge >= 0.3 is 0 Å². The molecule has 0 fully saturated rings. The lowest BCUT2D eigenvalue weighted by Gasteiger charge is -2.30. The van der Waals surface area contributed by atoms with Crippen molar-refractivity contribution >= 4 is 34.5 Å². The largest absolute Gasteiger partial charge is 0.339 e. The van der Waals surface area contributed by atoms with E-state index in [1.807, 2.05) is 11.8 Å². The molecule has 8 heteroatoms. The van der Waals surface area contributed by atoms with Crippen LogP contribution < -0.4 is 11.1 Å². The van der Waals surface area contributed by atoms with E-state index in [2.05, 4.69) is 21.7 Å². The molecule has 0 spiro atoms. The number of nitrogens with two attached hydrogens (primary N) is 1. The minimum absolute atomic E-state index is 0.00513. The van der Waals surface area contributed by atoms with Gasteiger partial charge < -0.3 is 16.0 Å². The number of carbonyl (C=O) groups excluding carboxylic acids is 2. The van der Waals surface area contributed by atoms with Crippen LogP contribution in [0.15, 0.2) is 16.8 Å². The molecule has 0 saturated heterocycles. The van der Waals surface area contributed by atoms with Gasteiger partial charge in [-0.1, -0.05) is 13.3 Å². The molecule has 0 bridgehead atoms. The fourth-order valence-electron chi connectivity index (χ4n) is 3.09. The third kappa shape index (κ3) is 4.31. The van der Waals surface area contributed by atoms with Gasteiger partial charge in [0.05, 0.1) is 5.01 Å². The molecule has 2 aromatic rings. The molecule has 3 rings (SSSR count). The highest BCUT2D eigenvalue weighted by Crippen LogP contribution is 2.24. The standard InChI is InChI=1S/C18H24N4O2S2/c1-2-3-13(21-17(23)14-11-26-16(20-14)4-7-19)18(24)22-8-5-15-12(10-22)6-9-25-15/h6,9,11,13H,2-5,7-8,10,19H2,1H3,(H,21,23). The Morgan fingerprint density at radius 2 is 2.27 bits per heavy atom. The maximum atomic E-state index is 13.0. The van der Waals surface area contributed by atoms with E-state index in [1.165, 1.54) is 21.8 Å². The van der Waals surface area contributed by atoms with Crippen LogP contribution in [0, 0.1) is 0 Å². The average molecular weight is 393 g/mol. The van der Waals surface area contributed by atoms with Gasteiger partial charge in [0.15, 0.2) is 0 Å². The number of rotatable bonds is 7. The Kier molecular flexibility index (Phi) is 6.39. The molecule has 1 atom stereocenters. The maximum Gasteiger partial charge on any atom is 0.271 e. The van der Waals surface area contributed by atoms with Gasteiger partial charge in [0.25, 0.3) is 5.91 Å². The zero-order valence-corrected chi connectivity index (χ0v) is 16.5. The summed E-state index contributed by atoms with van der Waals surface area (Å²) in [7, 11) is 0. The van der Waals surface area contributed by atoms with Gasteiger partial charge in [-0.15, -0.1) is 22.7 Å². The van der Waals surface area contributed by atoms with Crippen molar-refractivity contribution in [2.24, 2.45) is 5.73 Å². The molecular weight excluding hydrogens is 368 g/mol. The second-order valence-electron chi connectivity index (χ2n) is 6.36. The second-order valence-corrected chi connectivity index (χ2v) is 8.30. The Labute approximate surface area is 161 Å². The predicted molar refractivity (Wildman–Crippen MR) is 104 cm³/mol. The maximum absolute atomic E-state index is 13.0. The van der Waals surface area contributed by atoms with Crippen LogP contribution in [-0.2, 0) is 24.2 Å². The van der Waals surface area contributed by atoms with Crippen molar-refractivity contribution in [2.75, 3.05) is 13.1 Å². The topological polar surface area (TPSA) is 88.3 Å². The number of thiophene rings is 1. The Morgan fingerprint density at radius 3 is 3.04 bits per heavy atom. The fraction of sp³-hybridized carbons (Fsp3) is 0.500. The van der Waals surface area contributed by atoms with Crippen molar-refractivity contribution in [1.29, 1.82) is 0 Å². The molecule has 1 unspecified atom stereocenters. The number of hydrogen-bond donors (Lipinski definition) is 2. The molecule has 0 aliphatic carbocycles. The van der Waals surface area contributed by atoms with Crippen LogP contribution in [0.1, 0.15) is 45.7 Å². The van der Waals surface area contributed by atoms with Crippen molar-refractivity contribution < 1.29 is 9.59 Å². The molecule has 3 heterocycles. The van der Waals surface area contributed by atoms with Crippen LogP contribution in [0.25, 0.3) is 0 Å². The first-order chi connectivity index (χ1) is 12.6. The molecule has 6 nitrogen and oxygen atoms in total. The monoisotopic (exact) mass is 392 g/mol. The van der Waals surface area contributed by atoms with Gasteiger partial charge in [0.2, 0.25) is 5.91 Å². The average Bonchev–Trinajstić information content (AvgIpc) is 3.29. The SMILES string of the molecule is CCCC(NC(=O)c1csc(CCN)n1)C(=O)N1CCc2sccc2C1. The minimum Gasteiger partial charge on any atom is -0.339 e. The van der Waals surface area contributed by atoms with Gasteiger partial charge in [0, 0.05) is 29.8 Å². The second kappa shape index (κ2) is 8.75. The quantitative estimate of drug-likeness (QED) is 0.756. The van der Waals surface area contributed by atoms with Crippen molar-refractivity contribution in [3.05, 3.63) is 38.0 Å². The lowest BCUT2D eigenvalue weighted by molar-refractivity contribution is -0.134. The highest BCUT2D eigenvalue weighted by molar-refractivity contribution is 7.10. The van der Waals surface area contributed by atoms with Gasteiger partial charge in [0.1, 0.15) is 11.7 Å². The molecule has 1 aliphatic rings. The Morgan fingerprint density at radius 1 is 1.42 bits per heavy atom. The summed E-state index contributed by atoms with van der Waals surface area (Å²) < 4.78 is 0. The molecule has 0 saturated carbocycles. The zero-order chi connectivity index (χ0) is 18.5. The third-order valence-electron chi connectivity index (χ3n) is 4.44. The summed E-state index contributed by atoms with van der Waals surface area (Å²) in [4.78, 5) is 33.0. The number of aromatic nitrogens is 1. The highest BCUT2D eigenvalue weighted by Gasteiger charge is 2.29. The fourth-order valence-corrected chi connectivity index (χ4v) is 4.77. The molecule has 0 radical (unpaired) electrons. The molecule has 3 N–H and O–H groups in total. The highest BCUT2D eigenvalue weighted by atomic mass is 32.1. The lowest BCUT2D eigenvalue weighted by atomic mass is 10.1. The number of nitrogens with one attached hydrogen (secondary N) is 1. The zero-order valence-electron chi connectivity index (χ0n) is 14.9. The first-order valence-electron chi connectivity index (χ1n) is 8.91. The van der Waals surface area contributed by atoms with Gasteiger partial charge in [-0.05, 0) is 36.4 Å². The first-order valence-corrected chi connectivity index (χ1v) is 10.7. The summed E-state index contributed by atoms with van der Waals surface area (Å²) in [6.45, 7) is 3.86. The van der Waals surface area contributed by atoms with Gasteiger partial charge in [-0.3, -0.25) is 9.59 Å². The van der Waals surface area contributed by atoms with Crippen molar-refractivity contribution in [2.45, 2.75) is 45.2 Å². The van der Waals surface area contributed by atoms with E-state index < -0.39 is 6.04 Å². The van der Waals surface area contributed by atoms with E-state index in [4.69, 9.17) is 5.73 Å². The molecule has 2 aromatic heterocycles. The van der Waals surface area contributed by atoms with Crippen LogP contribution >= 0.6 is 22.7 Å². The smallest absolute Gasteiger partial charge is 0.271 e. The van der Waals surface area contributed by atoms with Crippen molar-refractivity contribution in [3.8, 4) is 0 Å². The predicted octanol–water partition coefficient (Wildman–Crippen LogP) is 2.19. The van der Waals surface area contributed by atoms with E-state index in [-0.39, 0.29) is 11.8 Å². The minimum atomic E-state index is -0.507. The van der Waals surface area contributed by atoms with E-state index in [0.717, 1.165) is 17.8 Å². The van der Waals surface area contributed by atoms with Gasteiger partial charge in [-0.25, -0.2) is 4.98 Å². The van der Waals surface area contributed by atoms with E-state index in [9.17, 15) is 9.59 Å². The van der Waals surface area contributed by atoms with Crippen LogP contribution in [-0.4, -0.2) is 40.8 Å². The number of hydrogen-bond acceptors (Lipinski definition) is 6. The number of amides is 2.